The number of ether oxygens (including phenoxy) is 2. The van der Waals surface area contributed by atoms with Gasteiger partial charge in [0.1, 0.15) is 0 Å². The number of carbonyl (C=O) groups excluding carboxylic acids is 1. The molecule has 0 amide bonds. The Morgan fingerprint density at radius 2 is 2.25 bits per heavy atom. The molecular formula is C9H13BrN4O5S. The fourth-order valence-corrected chi connectivity index (χ4v) is 4.29. The zero-order chi connectivity index (χ0) is 14.9. The summed E-state index contributed by atoms with van der Waals surface area (Å²) < 4.78 is 37.3. The van der Waals surface area contributed by atoms with Gasteiger partial charge >= 0.3 is 5.97 Å². The number of hydrogen-bond donors (Lipinski definition) is 0. The lowest BCUT2D eigenvalue weighted by molar-refractivity contribution is -0.157. The van der Waals surface area contributed by atoms with Gasteiger partial charge in [0.15, 0.2) is 10.7 Å². The van der Waals surface area contributed by atoms with Crippen LogP contribution in [0, 0.1) is 0 Å². The molecule has 2 heterocycles. The Labute approximate surface area is 124 Å². The van der Waals surface area contributed by atoms with Crippen LogP contribution in [0.15, 0.2) is 9.63 Å². The summed E-state index contributed by atoms with van der Waals surface area (Å²) in [6.45, 7) is 0.155. The van der Waals surface area contributed by atoms with Gasteiger partial charge in [0.2, 0.25) is 5.03 Å². The molecule has 1 aromatic heterocycles. The van der Waals surface area contributed by atoms with Gasteiger partial charge < -0.3 is 9.47 Å². The number of hydrogen-bond acceptors (Lipinski definition) is 7. The van der Waals surface area contributed by atoms with E-state index in [9.17, 15) is 13.2 Å². The second kappa shape index (κ2) is 5.76. The first-order chi connectivity index (χ1) is 9.37. The van der Waals surface area contributed by atoms with Crippen LogP contribution in [-0.4, -0.2) is 66.6 Å². The van der Waals surface area contributed by atoms with E-state index in [-0.39, 0.29) is 29.3 Å². The van der Waals surface area contributed by atoms with E-state index in [1.807, 2.05) is 0 Å². The SMILES string of the molecule is COC(=O)C1CN(S(=O)(=O)c2c(Br)nnn2C)CCO1. The quantitative estimate of drug-likeness (QED) is 0.639. The molecule has 1 atom stereocenters. The summed E-state index contributed by atoms with van der Waals surface area (Å²) in [5, 5.41) is 7.22. The Balaban J connectivity index is 2.28. The second-order valence-corrected chi connectivity index (χ2v) is 6.66. The van der Waals surface area contributed by atoms with E-state index >= 15 is 0 Å². The summed E-state index contributed by atoms with van der Waals surface area (Å²) in [5.74, 6) is -0.605. The molecule has 0 radical (unpaired) electrons. The van der Waals surface area contributed by atoms with E-state index in [1.54, 1.807) is 0 Å². The highest BCUT2D eigenvalue weighted by atomic mass is 79.9. The third-order valence-corrected chi connectivity index (χ3v) is 5.57. The van der Waals surface area contributed by atoms with Crippen molar-refractivity contribution < 1.29 is 22.7 Å². The van der Waals surface area contributed by atoms with Gasteiger partial charge in [-0.15, -0.1) is 5.10 Å². The standard InChI is InChI=1S/C9H13BrN4O5S/c1-13-8(7(10)11-12-13)20(16,17)14-3-4-19-6(5-14)9(15)18-2/h6H,3-5H2,1-2H3. The lowest BCUT2D eigenvalue weighted by Gasteiger charge is -2.30. The van der Waals surface area contributed by atoms with E-state index in [4.69, 9.17) is 4.74 Å². The number of carbonyl (C=O) groups is 1. The average molecular weight is 369 g/mol. The molecule has 0 saturated carbocycles. The lowest BCUT2D eigenvalue weighted by atomic mass is 10.3. The molecule has 20 heavy (non-hydrogen) atoms. The van der Waals surface area contributed by atoms with Crippen molar-refractivity contribution in [1.82, 2.24) is 19.3 Å². The lowest BCUT2D eigenvalue weighted by Crippen LogP contribution is -2.49. The first-order valence-electron chi connectivity index (χ1n) is 5.62. The Hall–Kier alpha value is -1.04. The second-order valence-electron chi connectivity index (χ2n) is 4.05. The molecule has 1 aliphatic heterocycles. The molecule has 11 heteroatoms. The Morgan fingerprint density at radius 1 is 1.55 bits per heavy atom. The molecule has 0 bridgehead atoms. The van der Waals surface area contributed by atoms with E-state index in [0.717, 1.165) is 8.99 Å². The van der Waals surface area contributed by atoms with Gasteiger partial charge in [-0.25, -0.2) is 17.9 Å². The van der Waals surface area contributed by atoms with E-state index in [0.29, 0.717) is 0 Å². The molecule has 0 aliphatic carbocycles. The average Bonchev–Trinajstić information content (AvgIpc) is 2.78. The van der Waals surface area contributed by atoms with Gasteiger partial charge in [-0.1, -0.05) is 5.21 Å². The van der Waals surface area contributed by atoms with Crippen molar-refractivity contribution in [1.29, 1.82) is 0 Å². The summed E-state index contributed by atoms with van der Waals surface area (Å²) in [7, 11) is -1.12. The Bertz CT molecular complexity index is 596. The normalized spacial score (nSPS) is 20.9. The van der Waals surface area contributed by atoms with E-state index in [2.05, 4.69) is 31.0 Å². The van der Waals surface area contributed by atoms with Crippen LogP contribution in [0.5, 0.6) is 0 Å². The first kappa shape index (κ1) is 15.4. The minimum absolute atomic E-state index is 0.0667. The van der Waals surface area contributed by atoms with Crippen molar-refractivity contribution >= 4 is 31.9 Å². The Kier molecular flexibility index (Phi) is 4.42. The molecule has 0 spiro atoms. The van der Waals surface area contributed by atoms with E-state index in [1.165, 1.54) is 14.2 Å². The Morgan fingerprint density at radius 3 is 2.80 bits per heavy atom. The zero-order valence-corrected chi connectivity index (χ0v) is 13.2. The van der Waals surface area contributed by atoms with Crippen molar-refractivity contribution in [3.63, 3.8) is 0 Å². The smallest absolute Gasteiger partial charge is 0.336 e. The van der Waals surface area contributed by atoms with Gasteiger partial charge in [0.25, 0.3) is 10.0 Å². The maximum atomic E-state index is 12.5. The van der Waals surface area contributed by atoms with Crippen LogP contribution in [0.4, 0.5) is 0 Å². The number of sulfonamides is 1. The number of aryl methyl sites for hydroxylation is 1. The molecule has 1 aromatic rings. The van der Waals surface area contributed by atoms with Crippen LogP contribution < -0.4 is 0 Å². The first-order valence-corrected chi connectivity index (χ1v) is 7.86. The zero-order valence-electron chi connectivity index (χ0n) is 10.8. The van der Waals surface area contributed by atoms with Crippen LogP contribution in [0.2, 0.25) is 0 Å². The van der Waals surface area contributed by atoms with Crippen LogP contribution >= 0.6 is 15.9 Å². The molecule has 112 valence electrons. The maximum Gasteiger partial charge on any atom is 0.336 e. The maximum absolute atomic E-state index is 12.5. The third-order valence-electron chi connectivity index (χ3n) is 2.81. The number of nitrogens with zero attached hydrogens (tertiary/aromatic N) is 4. The summed E-state index contributed by atoms with van der Waals surface area (Å²) in [6.07, 6.45) is -0.927. The minimum Gasteiger partial charge on any atom is -0.467 e. The van der Waals surface area contributed by atoms with Gasteiger partial charge in [-0.2, -0.15) is 4.31 Å². The van der Waals surface area contributed by atoms with E-state index < -0.39 is 22.1 Å². The van der Waals surface area contributed by atoms with Crippen LogP contribution in [0.1, 0.15) is 0 Å². The molecule has 2 rings (SSSR count). The van der Waals surface area contributed by atoms with Crippen molar-refractivity contribution in [2.45, 2.75) is 11.1 Å². The largest absolute Gasteiger partial charge is 0.467 e. The topological polar surface area (TPSA) is 104 Å². The number of methoxy groups -OCH3 is 1. The highest BCUT2D eigenvalue weighted by Gasteiger charge is 2.37. The molecular weight excluding hydrogens is 356 g/mol. The predicted molar refractivity (Wildman–Crippen MR) is 69.2 cm³/mol. The van der Waals surface area contributed by atoms with Crippen molar-refractivity contribution in [3.8, 4) is 0 Å². The molecule has 0 aromatic carbocycles. The molecule has 9 nitrogen and oxygen atoms in total. The number of esters is 1. The van der Waals surface area contributed by atoms with Crippen LogP contribution in [0.3, 0.4) is 0 Å². The number of halogens is 1. The fourth-order valence-electron chi connectivity index (χ4n) is 1.84. The molecule has 1 saturated heterocycles. The summed E-state index contributed by atoms with van der Waals surface area (Å²) in [4.78, 5) is 11.5. The molecule has 0 N–H and O–H groups in total. The van der Waals surface area contributed by atoms with Crippen LogP contribution in [0.25, 0.3) is 0 Å². The van der Waals surface area contributed by atoms with Gasteiger partial charge in [-0.3, -0.25) is 0 Å². The number of aromatic nitrogens is 3. The summed E-state index contributed by atoms with van der Waals surface area (Å²) in [6, 6.07) is 0. The van der Waals surface area contributed by atoms with Crippen molar-refractivity contribution in [2.24, 2.45) is 7.05 Å². The van der Waals surface area contributed by atoms with Crippen LogP contribution in [-0.2, 0) is 31.3 Å². The monoisotopic (exact) mass is 368 g/mol. The highest BCUT2D eigenvalue weighted by Crippen LogP contribution is 2.23. The van der Waals surface area contributed by atoms with Gasteiger partial charge in [0.05, 0.1) is 20.3 Å². The van der Waals surface area contributed by atoms with Gasteiger partial charge in [0, 0.05) is 13.6 Å². The van der Waals surface area contributed by atoms with Crippen molar-refractivity contribution in [3.05, 3.63) is 4.60 Å². The minimum atomic E-state index is -3.82. The van der Waals surface area contributed by atoms with Crippen molar-refractivity contribution in [2.75, 3.05) is 26.8 Å². The molecule has 1 unspecified atom stereocenters. The fraction of sp³-hybridized carbons (Fsp3) is 0.667. The summed E-state index contributed by atoms with van der Waals surface area (Å²) in [5.41, 5.74) is 0. The predicted octanol–water partition coefficient (Wildman–Crippen LogP) is -0.860. The summed E-state index contributed by atoms with van der Waals surface area (Å²) >= 11 is 3.05. The molecule has 1 aliphatic rings. The number of morpholine rings is 1. The number of rotatable bonds is 3. The highest BCUT2D eigenvalue weighted by molar-refractivity contribution is 9.10. The molecule has 1 fully saturated rings. The third kappa shape index (κ3) is 2.71. The van der Waals surface area contributed by atoms with Gasteiger partial charge in [-0.05, 0) is 15.9 Å².